The molecular weight excluding hydrogens is 198 g/mol. The van der Waals surface area contributed by atoms with E-state index in [4.69, 9.17) is 4.74 Å². The van der Waals surface area contributed by atoms with E-state index in [9.17, 15) is 0 Å². The van der Waals surface area contributed by atoms with Gasteiger partial charge in [0, 0.05) is 6.54 Å². The van der Waals surface area contributed by atoms with Crippen LogP contribution in [0.5, 0.6) is 5.75 Å². The van der Waals surface area contributed by atoms with Crippen LogP contribution in [0.4, 0.5) is 0 Å². The molecule has 90 valence electrons. The molecule has 0 radical (unpaired) electrons. The van der Waals surface area contributed by atoms with Gasteiger partial charge in [-0.2, -0.15) is 0 Å². The highest BCUT2D eigenvalue weighted by Crippen LogP contribution is 2.24. The molecule has 1 aromatic rings. The molecule has 2 nitrogen and oxygen atoms in total. The number of hydrogen-bond acceptors (Lipinski definition) is 2. The van der Waals surface area contributed by atoms with E-state index in [1.165, 1.54) is 5.56 Å². The molecule has 0 saturated carbocycles. The molecule has 0 aliphatic carbocycles. The summed E-state index contributed by atoms with van der Waals surface area (Å²) in [5, 5.41) is 3.23. The number of nitrogens with one attached hydrogen (secondary N) is 1. The Morgan fingerprint density at radius 1 is 1.12 bits per heavy atom. The minimum atomic E-state index is 0.211. The second-order valence-electron chi connectivity index (χ2n) is 4.98. The second-order valence-corrected chi connectivity index (χ2v) is 4.98. The van der Waals surface area contributed by atoms with E-state index in [1.54, 1.807) is 0 Å². The zero-order valence-corrected chi connectivity index (χ0v) is 10.8. The molecule has 0 amide bonds. The van der Waals surface area contributed by atoms with Gasteiger partial charge in [0.1, 0.15) is 12.4 Å². The van der Waals surface area contributed by atoms with E-state index in [2.05, 4.69) is 45.1 Å². The Balaban J connectivity index is 2.46. The molecule has 0 spiro atoms. The minimum Gasteiger partial charge on any atom is -0.492 e. The SMILES string of the molecule is CCNCCOc1ccc(C(C)(C)C)cc1. The van der Waals surface area contributed by atoms with Crippen LogP contribution >= 0.6 is 0 Å². The van der Waals surface area contributed by atoms with Gasteiger partial charge in [-0.3, -0.25) is 0 Å². The fraction of sp³-hybridized carbons (Fsp3) is 0.571. The van der Waals surface area contributed by atoms with Gasteiger partial charge in [-0.15, -0.1) is 0 Å². The van der Waals surface area contributed by atoms with Crippen molar-refractivity contribution in [2.45, 2.75) is 33.1 Å². The topological polar surface area (TPSA) is 21.3 Å². The van der Waals surface area contributed by atoms with Crippen LogP contribution in [0, 0.1) is 0 Å². The van der Waals surface area contributed by atoms with E-state index in [0.29, 0.717) is 0 Å². The van der Waals surface area contributed by atoms with E-state index < -0.39 is 0 Å². The summed E-state index contributed by atoms with van der Waals surface area (Å²) in [5.41, 5.74) is 1.55. The van der Waals surface area contributed by atoms with Gasteiger partial charge >= 0.3 is 0 Å². The maximum atomic E-state index is 5.61. The standard InChI is InChI=1S/C14H23NO/c1-5-15-10-11-16-13-8-6-12(7-9-13)14(2,3)4/h6-9,15H,5,10-11H2,1-4H3. The van der Waals surface area contributed by atoms with Crippen LogP contribution in [0.2, 0.25) is 0 Å². The number of rotatable bonds is 5. The first kappa shape index (κ1) is 13.0. The summed E-state index contributed by atoms with van der Waals surface area (Å²) >= 11 is 0. The highest BCUT2D eigenvalue weighted by Gasteiger charge is 2.12. The molecule has 0 aromatic heterocycles. The summed E-state index contributed by atoms with van der Waals surface area (Å²) in [6, 6.07) is 8.38. The van der Waals surface area contributed by atoms with Crippen LogP contribution in [0.25, 0.3) is 0 Å². The first-order valence-electron chi connectivity index (χ1n) is 5.98. The Morgan fingerprint density at radius 3 is 2.25 bits per heavy atom. The summed E-state index contributed by atoms with van der Waals surface area (Å²) in [6.07, 6.45) is 0. The Labute approximate surface area is 99.0 Å². The van der Waals surface area contributed by atoms with Gasteiger partial charge in [-0.1, -0.05) is 39.8 Å². The molecule has 0 aliphatic heterocycles. The molecule has 16 heavy (non-hydrogen) atoms. The zero-order chi connectivity index (χ0) is 12.0. The van der Waals surface area contributed by atoms with Gasteiger partial charge in [0.05, 0.1) is 0 Å². The van der Waals surface area contributed by atoms with Gasteiger partial charge in [-0.25, -0.2) is 0 Å². The average molecular weight is 221 g/mol. The van der Waals surface area contributed by atoms with Crippen molar-refractivity contribution >= 4 is 0 Å². The van der Waals surface area contributed by atoms with Crippen molar-refractivity contribution in [3.8, 4) is 5.75 Å². The van der Waals surface area contributed by atoms with Crippen LogP contribution in [0.15, 0.2) is 24.3 Å². The smallest absolute Gasteiger partial charge is 0.119 e. The predicted octanol–water partition coefficient (Wildman–Crippen LogP) is 2.97. The summed E-state index contributed by atoms with van der Waals surface area (Å²) in [7, 11) is 0. The Morgan fingerprint density at radius 2 is 1.75 bits per heavy atom. The van der Waals surface area contributed by atoms with E-state index in [1.807, 2.05) is 12.1 Å². The van der Waals surface area contributed by atoms with Gasteiger partial charge < -0.3 is 10.1 Å². The number of ether oxygens (including phenoxy) is 1. The molecule has 0 heterocycles. The van der Waals surface area contributed by atoms with E-state index in [-0.39, 0.29) is 5.41 Å². The lowest BCUT2D eigenvalue weighted by Gasteiger charge is -2.19. The lowest BCUT2D eigenvalue weighted by Crippen LogP contribution is -2.20. The molecule has 0 atom stereocenters. The maximum absolute atomic E-state index is 5.61. The largest absolute Gasteiger partial charge is 0.492 e. The van der Waals surface area contributed by atoms with Crippen molar-refractivity contribution in [2.75, 3.05) is 19.7 Å². The van der Waals surface area contributed by atoms with Crippen molar-refractivity contribution in [2.24, 2.45) is 0 Å². The first-order valence-corrected chi connectivity index (χ1v) is 5.98. The predicted molar refractivity (Wildman–Crippen MR) is 69.2 cm³/mol. The van der Waals surface area contributed by atoms with Crippen molar-refractivity contribution < 1.29 is 4.74 Å². The monoisotopic (exact) mass is 221 g/mol. The first-order chi connectivity index (χ1) is 7.54. The summed E-state index contributed by atoms with van der Waals surface area (Å²) in [5.74, 6) is 0.950. The van der Waals surface area contributed by atoms with Crippen molar-refractivity contribution in [3.63, 3.8) is 0 Å². The molecule has 1 aromatic carbocycles. The molecule has 1 rings (SSSR count). The van der Waals surface area contributed by atoms with Crippen LogP contribution in [-0.2, 0) is 5.41 Å². The van der Waals surface area contributed by atoms with Gasteiger partial charge in [0.15, 0.2) is 0 Å². The lowest BCUT2D eigenvalue weighted by molar-refractivity contribution is 0.315. The third-order valence-corrected chi connectivity index (χ3v) is 2.52. The van der Waals surface area contributed by atoms with Crippen molar-refractivity contribution in [1.82, 2.24) is 5.32 Å². The molecule has 0 fully saturated rings. The molecular formula is C14H23NO. The summed E-state index contributed by atoms with van der Waals surface area (Å²) in [4.78, 5) is 0. The normalized spacial score (nSPS) is 11.5. The van der Waals surface area contributed by atoms with Crippen molar-refractivity contribution in [3.05, 3.63) is 29.8 Å². The summed E-state index contributed by atoms with van der Waals surface area (Å²) in [6.45, 7) is 11.4. The van der Waals surface area contributed by atoms with E-state index in [0.717, 1.165) is 25.4 Å². The van der Waals surface area contributed by atoms with Crippen LogP contribution in [0.3, 0.4) is 0 Å². The molecule has 0 unspecified atom stereocenters. The Kier molecular flexibility index (Phi) is 4.81. The minimum absolute atomic E-state index is 0.211. The highest BCUT2D eigenvalue weighted by molar-refractivity contribution is 5.31. The second kappa shape index (κ2) is 5.90. The third kappa shape index (κ3) is 4.23. The number of likely N-dealkylation sites (N-methyl/N-ethyl adjacent to an activating group) is 1. The molecule has 0 saturated heterocycles. The molecule has 0 aliphatic rings. The maximum Gasteiger partial charge on any atom is 0.119 e. The Bertz CT molecular complexity index is 298. The fourth-order valence-corrected chi connectivity index (χ4v) is 1.47. The van der Waals surface area contributed by atoms with E-state index >= 15 is 0 Å². The zero-order valence-electron chi connectivity index (χ0n) is 10.8. The van der Waals surface area contributed by atoms with Gasteiger partial charge in [-0.05, 0) is 29.7 Å². The number of benzene rings is 1. The lowest BCUT2D eigenvalue weighted by atomic mass is 9.87. The van der Waals surface area contributed by atoms with Crippen LogP contribution < -0.4 is 10.1 Å². The van der Waals surface area contributed by atoms with Gasteiger partial charge in [0.25, 0.3) is 0 Å². The quantitative estimate of drug-likeness (QED) is 0.772. The highest BCUT2D eigenvalue weighted by atomic mass is 16.5. The van der Waals surface area contributed by atoms with Crippen LogP contribution in [-0.4, -0.2) is 19.7 Å². The average Bonchev–Trinajstić information content (AvgIpc) is 2.24. The summed E-state index contributed by atoms with van der Waals surface area (Å²) < 4.78 is 5.61. The van der Waals surface area contributed by atoms with Gasteiger partial charge in [0.2, 0.25) is 0 Å². The van der Waals surface area contributed by atoms with Crippen LogP contribution in [0.1, 0.15) is 33.3 Å². The number of hydrogen-bond donors (Lipinski definition) is 1. The molecule has 0 bridgehead atoms. The Hall–Kier alpha value is -1.02. The fourth-order valence-electron chi connectivity index (χ4n) is 1.47. The molecule has 2 heteroatoms. The van der Waals surface area contributed by atoms with Crippen molar-refractivity contribution in [1.29, 1.82) is 0 Å². The molecule has 1 N–H and O–H groups in total. The third-order valence-electron chi connectivity index (χ3n) is 2.52.